The fourth-order valence-corrected chi connectivity index (χ4v) is 2.46. The van der Waals surface area contributed by atoms with E-state index in [1.165, 1.54) is 0 Å². The van der Waals surface area contributed by atoms with E-state index in [2.05, 4.69) is 13.8 Å². The van der Waals surface area contributed by atoms with Crippen LogP contribution in [0.5, 0.6) is 0 Å². The second-order valence-corrected chi connectivity index (χ2v) is 5.43. The summed E-state index contributed by atoms with van der Waals surface area (Å²) in [4.78, 5) is 14.2. The van der Waals surface area contributed by atoms with Crippen molar-refractivity contribution >= 4 is 17.3 Å². The number of fused-ring (bicyclic) bond motifs is 1. The van der Waals surface area contributed by atoms with Crippen molar-refractivity contribution in [2.24, 2.45) is 5.92 Å². The first-order valence-corrected chi connectivity index (χ1v) is 6.77. The van der Waals surface area contributed by atoms with E-state index in [0.717, 1.165) is 42.7 Å². The van der Waals surface area contributed by atoms with Gasteiger partial charge in [0.15, 0.2) is 0 Å². The number of hydrogen-bond acceptors (Lipinski definition) is 2. The van der Waals surface area contributed by atoms with Crippen LogP contribution in [0.4, 0.5) is 11.4 Å². The minimum atomic E-state index is 0.232. The van der Waals surface area contributed by atoms with Gasteiger partial charge in [0.1, 0.15) is 0 Å². The molecule has 0 saturated heterocycles. The number of hydrogen-bond donors (Lipinski definition) is 1. The zero-order valence-corrected chi connectivity index (χ0v) is 11.3. The molecule has 2 rings (SSSR count). The van der Waals surface area contributed by atoms with Gasteiger partial charge in [0.2, 0.25) is 5.91 Å². The Bertz CT molecular complexity index is 440. The van der Waals surface area contributed by atoms with E-state index in [-0.39, 0.29) is 5.91 Å². The van der Waals surface area contributed by atoms with E-state index in [0.29, 0.717) is 12.3 Å². The molecular weight excluding hydrogens is 224 g/mol. The molecule has 0 unspecified atom stereocenters. The molecule has 1 aliphatic heterocycles. The summed E-state index contributed by atoms with van der Waals surface area (Å²) < 4.78 is 0. The highest BCUT2D eigenvalue weighted by atomic mass is 16.2. The molecule has 0 spiro atoms. The number of rotatable bonds is 3. The summed E-state index contributed by atoms with van der Waals surface area (Å²) in [5.74, 6) is 0.800. The molecule has 1 heterocycles. The van der Waals surface area contributed by atoms with Crippen LogP contribution in [0.1, 0.15) is 38.7 Å². The van der Waals surface area contributed by atoms with Crippen LogP contribution >= 0.6 is 0 Å². The first kappa shape index (κ1) is 12.9. The smallest absolute Gasteiger partial charge is 0.226 e. The molecule has 2 N–H and O–H groups in total. The van der Waals surface area contributed by atoms with Gasteiger partial charge in [-0.05, 0) is 42.9 Å². The van der Waals surface area contributed by atoms with Crippen LogP contribution in [0.3, 0.4) is 0 Å². The molecule has 0 aromatic heterocycles. The lowest BCUT2D eigenvalue weighted by atomic mass is 9.99. The standard InChI is InChI=1S/C15H22N2O/c1-11(2)8-9-15(18)17-10-4-5-12-13(16)6-3-7-14(12)17/h3,6-7,11H,4-5,8-10,16H2,1-2H3. The average molecular weight is 246 g/mol. The van der Waals surface area contributed by atoms with Gasteiger partial charge in [0, 0.05) is 24.3 Å². The van der Waals surface area contributed by atoms with Crippen molar-refractivity contribution in [2.75, 3.05) is 17.2 Å². The first-order chi connectivity index (χ1) is 8.59. The minimum absolute atomic E-state index is 0.232. The molecule has 18 heavy (non-hydrogen) atoms. The third-order valence-electron chi connectivity index (χ3n) is 3.52. The monoisotopic (exact) mass is 246 g/mol. The van der Waals surface area contributed by atoms with Gasteiger partial charge in [-0.3, -0.25) is 4.79 Å². The van der Waals surface area contributed by atoms with E-state index in [9.17, 15) is 4.79 Å². The maximum absolute atomic E-state index is 12.3. The lowest BCUT2D eigenvalue weighted by molar-refractivity contribution is -0.118. The quantitative estimate of drug-likeness (QED) is 0.833. The summed E-state index contributed by atoms with van der Waals surface area (Å²) in [7, 11) is 0. The third-order valence-corrected chi connectivity index (χ3v) is 3.52. The van der Waals surface area contributed by atoms with Gasteiger partial charge in [0.05, 0.1) is 0 Å². The largest absolute Gasteiger partial charge is 0.398 e. The van der Waals surface area contributed by atoms with Gasteiger partial charge in [-0.15, -0.1) is 0 Å². The van der Waals surface area contributed by atoms with Crippen LogP contribution in [0.15, 0.2) is 18.2 Å². The van der Waals surface area contributed by atoms with Crippen LogP contribution in [-0.4, -0.2) is 12.5 Å². The lowest BCUT2D eigenvalue weighted by Gasteiger charge is -2.30. The highest BCUT2D eigenvalue weighted by Crippen LogP contribution is 2.31. The summed E-state index contributed by atoms with van der Waals surface area (Å²) in [6.45, 7) is 5.12. The molecule has 3 heteroatoms. The second-order valence-electron chi connectivity index (χ2n) is 5.43. The number of nitrogen functional groups attached to an aromatic ring is 1. The number of carbonyl (C=O) groups excluding carboxylic acids is 1. The van der Waals surface area contributed by atoms with Crippen LogP contribution in [0.25, 0.3) is 0 Å². The van der Waals surface area contributed by atoms with Gasteiger partial charge in [0.25, 0.3) is 0 Å². The van der Waals surface area contributed by atoms with Crippen LogP contribution in [0, 0.1) is 5.92 Å². The van der Waals surface area contributed by atoms with Crippen molar-refractivity contribution in [3.8, 4) is 0 Å². The molecular formula is C15H22N2O. The van der Waals surface area contributed by atoms with Crippen LogP contribution in [-0.2, 0) is 11.2 Å². The van der Waals surface area contributed by atoms with Crippen molar-refractivity contribution < 1.29 is 4.79 Å². The number of benzene rings is 1. The predicted octanol–water partition coefficient (Wildman–Crippen LogP) is 2.98. The molecule has 0 saturated carbocycles. The predicted molar refractivity (Wildman–Crippen MR) is 75.6 cm³/mol. The Balaban J connectivity index is 2.17. The van der Waals surface area contributed by atoms with Gasteiger partial charge < -0.3 is 10.6 Å². The average Bonchev–Trinajstić information content (AvgIpc) is 2.36. The molecule has 0 atom stereocenters. The Morgan fingerprint density at radius 3 is 2.94 bits per heavy atom. The fraction of sp³-hybridized carbons (Fsp3) is 0.533. The molecule has 0 aliphatic carbocycles. The molecule has 98 valence electrons. The zero-order chi connectivity index (χ0) is 13.1. The third kappa shape index (κ3) is 2.66. The number of amides is 1. The topological polar surface area (TPSA) is 46.3 Å². The van der Waals surface area contributed by atoms with Gasteiger partial charge in [-0.2, -0.15) is 0 Å². The van der Waals surface area contributed by atoms with E-state index >= 15 is 0 Å². The minimum Gasteiger partial charge on any atom is -0.398 e. The van der Waals surface area contributed by atoms with Crippen molar-refractivity contribution in [1.29, 1.82) is 0 Å². The van der Waals surface area contributed by atoms with E-state index < -0.39 is 0 Å². The number of nitrogens with two attached hydrogens (primary N) is 1. The highest BCUT2D eigenvalue weighted by molar-refractivity contribution is 5.95. The van der Waals surface area contributed by atoms with E-state index in [1.807, 2.05) is 23.1 Å². The molecule has 1 amide bonds. The Kier molecular flexibility index (Phi) is 3.90. The highest BCUT2D eigenvalue weighted by Gasteiger charge is 2.23. The SMILES string of the molecule is CC(C)CCC(=O)N1CCCc2c(N)cccc21. The molecule has 0 fully saturated rings. The van der Waals surface area contributed by atoms with Gasteiger partial charge in [-0.1, -0.05) is 19.9 Å². The summed E-state index contributed by atoms with van der Waals surface area (Å²) in [5, 5.41) is 0. The van der Waals surface area contributed by atoms with Crippen LogP contribution in [0.2, 0.25) is 0 Å². The number of anilines is 2. The lowest BCUT2D eigenvalue weighted by Crippen LogP contribution is -2.35. The summed E-state index contributed by atoms with van der Waals surface area (Å²) in [6, 6.07) is 5.86. The van der Waals surface area contributed by atoms with Gasteiger partial charge >= 0.3 is 0 Å². The molecule has 3 nitrogen and oxygen atoms in total. The molecule has 1 aliphatic rings. The maximum Gasteiger partial charge on any atom is 0.226 e. The first-order valence-electron chi connectivity index (χ1n) is 6.77. The fourth-order valence-electron chi connectivity index (χ4n) is 2.46. The summed E-state index contributed by atoms with van der Waals surface area (Å²) in [5.41, 5.74) is 8.97. The summed E-state index contributed by atoms with van der Waals surface area (Å²) in [6.07, 6.45) is 3.57. The zero-order valence-electron chi connectivity index (χ0n) is 11.3. The molecule has 1 aromatic carbocycles. The number of carbonyl (C=O) groups is 1. The van der Waals surface area contributed by atoms with Crippen molar-refractivity contribution in [3.63, 3.8) is 0 Å². The maximum atomic E-state index is 12.3. The summed E-state index contributed by atoms with van der Waals surface area (Å²) >= 11 is 0. The van der Waals surface area contributed by atoms with Crippen molar-refractivity contribution in [1.82, 2.24) is 0 Å². The van der Waals surface area contributed by atoms with Crippen LogP contribution < -0.4 is 10.6 Å². The molecule has 0 radical (unpaired) electrons. The second kappa shape index (κ2) is 5.42. The number of nitrogens with zero attached hydrogens (tertiary/aromatic N) is 1. The van der Waals surface area contributed by atoms with Crippen molar-refractivity contribution in [3.05, 3.63) is 23.8 Å². The molecule has 1 aromatic rings. The Labute approximate surface area is 109 Å². The van der Waals surface area contributed by atoms with Crippen molar-refractivity contribution in [2.45, 2.75) is 39.5 Å². The molecule has 0 bridgehead atoms. The van der Waals surface area contributed by atoms with E-state index in [4.69, 9.17) is 5.73 Å². The Morgan fingerprint density at radius 2 is 2.22 bits per heavy atom. The van der Waals surface area contributed by atoms with Gasteiger partial charge in [-0.25, -0.2) is 0 Å². The Hall–Kier alpha value is -1.51. The normalized spacial score (nSPS) is 14.7. The van der Waals surface area contributed by atoms with E-state index in [1.54, 1.807) is 0 Å². The Morgan fingerprint density at radius 1 is 1.44 bits per heavy atom.